The Morgan fingerprint density at radius 1 is 1.32 bits per heavy atom. The number of nitrogens with one attached hydrogen (secondary N) is 4. The molecule has 1 atom stereocenters. The molecule has 3 heterocycles. The highest BCUT2D eigenvalue weighted by Gasteiger charge is 2.32. The van der Waals surface area contributed by atoms with Crippen molar-refractivity contribution in [3.63, 3.8) is 0 Å². The number of aromatic amines is 1. The van der Waals surface area contributed by atoms with Gasteiger partial charge in [0.1, 0.15) is 12.7 Å². The maximum absolute atomic E-state index is 12.0. The Kier molecular flexibility index (Phi) is 5.49. The fourth-order valence-electron chi connectivity index (χ4n) is 3.52. The number of aromatic nitrogens is 2. The summed E-state index contributed by atoms with van der Waals surface area (Å²) >= 11 is 1.58. The Morgan fingerprint density at radius 2 is 2.16 bits per heavy atom. The zero-order valence-corrected chi connectivity index (χ0v) is 17.7. The number of aliphatic hydroxyl groups excluding tert-OH is 1. The normalized spacial score (nSPS) is 19.6. The highest BCUT2D eigenvalue weighted by atomic mass is 32.2. The quantitative estimate of drug-likeness (QED) is 0.394. The van der Waals surface area contributed by atoms with Crippen LogP contribution in [0.1, 0.15) is 34.8 Å². The van der Waals surface area contributed by atoms with Crippen molar-refractivity contribution in [1.29, 1.82) is 0 Å². The number of nitrogens with zero attached hydrogens (tertiary/aromatic N) is 3. The third-order valence-corrected chi connectivity index (χ3v) is 6.22. The van der Waals surface area contributed by atoms with E-state index >= 15 is 0 Å². The van der Waals surface area contributed by atoms with Crippen LogP contribution >= 0.6 is 11.9 Å². The molecule has 0 bridgehead atoms. The molecule has 1 unspecified atom stereocenters. The Balaban J connectivity index is 1.28. The number of anilines is 1. The fraction of sp³-hybridized carbons (Fsp3) is 0.286. The lowest BCUT2D eigenvalue weighted by Crippen LogP contribution is -3.10. The first-order valence-electron chi connectivity index (χ1n) is 10.3. The lowest BCUT2D eigenvalue weighted by Gasteiger charge is -2.27. The minimum absolute atomic E-state index is 0.0741. The smallest absolute Gasteiger partial charge is 0.251 e. The topological polar surface area (TPSA) is 110 Å². The number of carbonyl (C=O) groups excluding carboxylic acids is 1. The largest absolute Gasteiger partial charge is 0.395 e. The van der Waals surface area contributed by atoms with Gasteiger partial charge in [-0.15, -0.1) is 0 Å². The molecule has 1 saturated carbocycles. The summed E-state index contributed by atoms with van der Waals surface area (Å²) in [5, 5.41) is 22.5. The monoisotopic (exact) mass is 438 g/mol. The number of aliphatic imine (C=N–C) groups is 1. The maximum atomic E-state index is 12.0. The summed E-state index contributed by atoms with van der Waals surface area (Å²) in [6.45, 7) is 0.858. The number of hydrogen-bond donors (Lipinski definition) is 5. The number of aliphatic hydroxyl groups is 1. The second kappa shape index (κ2) is 8.58. The number of quaternary nitrogens is 1. The summed E-state index contributed by atoms with van der Waals surface area (Å²) in [6.07, 6.45) is 8.38. The zero-order valence-electron chi connectivity index (χ0n) is 16.8. The van der Waals surface area contributed by atoms with Gasteiger partial charge in [0.15, 0.2) is 5.82 Å². The predicted octanol–water partition coefficient (Wildman–Crippen LogP) is 1.01. The van der Waals surface area contributed by atoms with Crippen LogP contribution in [0.5, 0.6) is 0 Å². The summed E-state index contributed by atoms with van der Waals surface area (Å²) in [6, 6.07) is 9.50. The third kappa shape index (κ3) is 4.50. The number of benzene rings is 1. The van der Waals surface area contributed by atoms with Gasteiger partial charge >= 0.3 is 0 Å². The third-order valence-electron chi connectivity index (χ3n) is 5.27. The molecular formula is C21H24N7O2S+. The van der Waals surface area contributed by atoms with Crippen LogP contribution in [0.15, 0.2) is 64.6 Å². The summed E-state index contributed by atoms with van der Waals surface area (Å²) in [7, 11) is 0. The molecular weight excluding hydrogens is 414 g/mol. The molecule has 1 amide bonds. The molecule has 0 radical (unpaired) electrons. The van der Waals surface area contributed by atoms with E-state index in [9.17, 15) is 4.79 Å². The van der Waals surface area contributed by atoms with Gasteiger partial charge in [-0.3, -0.25) is 19.5 Å². The summed E-state index contributed by atoms with van der Waals surface area (Å²) in [5.74, 6) is 3.21. The molecule has 0 spiro atoms. The van der Waals surface area contributed by atoms with Crippen molar-refractivity contribution in [2.75, 3.05) is 25.0 Å². The molecule has 3 aliphatic rings. The maximum Gasteiger partial charge on any atom is 0.251 e. The standard InChI is InChI=1S/C21H23N7O2S/c29-10-8-23-21(30)15-3-5-16(6-4-15)31-27-12-19-22-7-9-28(19)20(13-27)24-18-11-17(25-26-18)14-1-2-14/h3-7,9,11,13-14,29H,1-2,8,10,12H2,(H,23,30)(H2,24,25,26)/p+1. The van der Waals surface area contributed by atoms with Crippen molar-refractivity contribution in [1.82, 2.24) is 19.8 Å². The molecule has 2 aromatic rings. The van der Waals surface area contributed by atoms with Gasteiger partial charge in [0, 0.05) is 34.7 Å². The first kappa shape index (κ1) is 19.9. The van der Waals surface area contributed by atoms with Crippen molar-refractivity contribution in [3.05, 3.63) is 66.0 Å². The Morgan fingerprint density at radius 3 is 2.94 bits per heavy atom. The molecule has 0 saturated heterocycles. The number of H-pyrrole nitrogens is 1. The van der Waals surface area contributed by atoms with Gasteiger partial charge in [-0.25, -0.2) is 9.89 Å². The molecule has 31 heavy (non-hydrogen) atoms. The highest BCUT2D eigenvalue weighted by molar-refractivity contribution is 7.97. The number of fused-ring (bicyclic) bond motifs is 1. The summed E-state index contributed by atoms with van der Waals surface area (Å²) in [4.78, 5) is 18.6. The fourth-order valence-corrected chi connectivity index (χ4v) is 4.39. The van der Waals surface area contributed by atoms with E-state index in [0.29, 0.717) is 18.0 Å². The molecule has 5 N–H and O–H groups in total. The number of rotatable bonds is 8. The number of amides is 1. The van der Waals surface area contributed by atoms with Crippen LogP contribution < -0.4 is 15.5 Å². The molecule has 1 fully saturated rings. The van der Waals surface area contributed by atoms with E-state index in [1.165, 1.54) is 18.5 Å². The molecule has 10 heteroatoms. The van der Waals surface area contributed by atoms with E-state index < -0.39 is 0 Å². The van der Waals surface area contributed by atoms with E-state index in [0.717, 1.165) is 27.3 Å². The highest BCUT2D eigenvalue weighted by Crippen LogP contribution is 2.39. The first-order chi connectivity index (χ1) is 15.2. The van der Waals surface area contributed by atoms with Crippen LogP contribution in [0, 0.1) is 0 Å². The van der Waals surface area contributed by atoms with Crippen LogP contribution in [0.25, 0.3) is 0 Å². The van der Waals surface area contributed by atoms with Gasteiger partial charge in [-0.05, 0) is 49.1 Å². The minimum atomic E-state index is -0.190. The van der Waals surface area contributed by atoms with E-state index in [-0.39, 0.29) is 19.1 Å². The van der Waals surface area contributed by atoms with Crippen LogP contribution in [-0.2, 0) is 0 Å². The summed E-state index contributed by atoms with van der Waals surface area (Å²) < 4.78 is 2.12. The van der Waals surface area contributed by atoms with Crippen LogP contribution in [0.4, 0.5) is 5.82 Å². The predicted molar refractivity (Wildman–Crippen MR) is 118 cm³/mol. The average Bonchev–Trinajstić information content (AvgIpc) is 3.33. The summed E-state index contributed by atoms with van der Waals surface area (Å²) in [5.41, 5.74) is 1.76. The zero-order chi connectivity index (χ0) is 21.2. The van der Waals surface area contributed by atoms with Gasteiger partial charge in [-0.1, -0.05) is 0 Å². The van der Waals surface area contributed by atoms with Crippen molar-refractivity contribution in [3.8, 4) is 0 Å². The molecule has 5 rings (SSSR count). The van der Waals surface area contributed by atoms with Gasteiger partial charge in [0.25, 0.3) is 5.91 Å². The second-order valence-electron chi connectivity index (χ2n) is 7.63. The molecule has 2 aliphatic heterocycles. The van der Waals surface area contributed by atoms with Crippen LogP contribution in [0.3, 0.4) is 0 Å². The minimum Gasteiger partial charge on any atom is -0.395 e. The average molecular weight is 439 g/mol. The molecule has 1 aromatic heterocycles. The van der Waals surface area contributed by atoms with E-state index in [1.807, 2.05) is 24.5 Å². The van der Waals surface area contributed by atoms with Crippen LogP contribution in [0.2, 0.25) is 0 Å². The van der Waals surface area contributed by atoms with Crippen molar-refractivity contribution < 1.29 is 14.8 Å². The van der Waals surface area contributed by atoms with Gasteiger partial charge < -0.3 is 10.4 Å². The van der Waals surface area contributed by atoms with Gasteiger partial charge in [-0.2, -0.15) is 5.10 Å². The van der Waals surface area contributed by atoms with Crippen LogP contribution in [-0.4, -0.2) is 51.0 Å². The van der Waals surface area contributed by atoms with E-state index in [1.54, 1.807) is 24.1 Å². The molecule has 1 aliphatic carbocycles. The van der Waals surface area contributed by atoms with Crippen molar-refractivity contribution >= 4 is 29.5 Å². The lowest BCUT2D eigenvalue weighted by molar-refractivity contribution is -0.699. The SMILES string of the molecule is O=C(NCCO)c1ccc(SN2C=C(Nc3cc(C4CC4)[nH]n3)[NH+]3C=CN=C3C2)cc1. The molecule has 1 aromatic carbocycles. The number of amidine groups is 1. The van der Waals surface area contributed by atoms with Crippen molar-refractivity contribution in [2.45, 2.75) is 23.7 Å². The Hall–Kier alpha value is -3.08. The van der Waals surface area contributed by atoms with Crippen molar-refractivity contribution in [2.24, 2.45) is 4.99 Å². The second-order valence-corrected chi connectivity index (χ2v) is 8.75. The van der Waals surface area contributed by atoms with E-state index in [2.05, 4.69) is 42.4 Å². The Labute approximate surface area is 184 Å². The molecule has 160 valence electrons. The van der Waals surface area contributed by atoms with Gasteiger partial charge in [0.05, 0.1) is 19.0 Å². The lowest BCUT2D eigenvalue weighted by atomic mass is 10.2. The van der Waals surface area contributed by atoms with E-state index in [4.69, 9.17) is 5.11 Å². The van der Waals surface area contributed by atoms with Gasteiger partial charge in [0.2, 0.25) is 11.7 Å². The first-order valence-corrected chi connectivity index (χ1v) is 11.1. The number of carbonyl (C=O) groups is 1. The Bertz CT molecular complexity index is 1060. The number of hydrogen-bond acceptors (Lipinski definition) is 7. The molecule has 9 nitrogen and oxygen atoms in total.